The van der Waals surface area contributed by atoms with Crippen LogP contribution in [-0.2, 0) is 11.0 Å². The average Bonchev–Trinajstić information content (AvgIpc) is 2.69. The van der Waals surface area contributed by atoms with Crippen LogP contribution >= 0.6 is 11.6 Å². The molecule has 29 heavy (non-hydrogen) atoms. The van der Waals surface area contributed by atoms with E-state index in [0.717, 1.165) is 24.3 Å². The van der Waals surface area contributed by atoms with Gasteiger partial charge in [0.2, 0.25) is 5.91 Å². The summed E-state index contributed by atoms with van der Waals surface area (Å²) in [7, 11) is 1.48. The zero-order valence-corrected chi connectivity index (χ0v) is 16.4. The molecule has 0 radical (unpaired) electrons. The van der Waals surface area contributed by atoms with Gasteiger partial charge in [-0.2, -0.15) is 13.2 Å². The molecule has 1 atom stereocenters. The Kier molecular flexibility index (Phi) is 5.75. The van der Waals surface area contributed by atoms with Crippen molar-refractivity contribution in [2.45, 2.75) is 19.1 Å². The summed E-state index contributed by atoms with van der Waals surface area (Å²) in [4.78, 5) is 28.5. The van der Waals surface area contributed by atoms with Crippen LogP contribution in [0.1, 0.15) is 22.8 Å². The zero-order valence-electron chi connectivity index (χ0n) is 15.7. The molecule has 1 saturated heterocycles. The first kappa shape index (κ1) is 21.0. The molecule has 1 aliphatic heterocycles. The normalized spacial score (nSPS) is 17.4. The largest absolute Gasteiger partial charge is 0.495 e. The first-order chi connectivity index (χ1) is 13.6. The second-order valence-corrected chi connectivity index (χ2v) is 6.99. The van der Waals surface area contributed by atoms with Gasteiger partial charge in [0, 0.05) is 23.7 Å². The maximum absolute atomic E-state index is 12.9. The van der Waals surface area contributed by atoms with Crippen molar-refractivity contribution in [2.75, 3.05) is 25.1 Å². The van der Waals surface area contributed by atoms with Crippen molar-refractivity contribution in [1.29, 1.82) is 0 Å². The molecule has 0 spiro atoms. The minimum absolute atomic E-state index is 0.0893. The number of rotatable bonds is 3. The monoisotopic (exact) mass is 426 g/mol. The Morgan fingerprint density at radius 2 is 1.79 bits per heavy atom. The van der Waals surface area contributed by atoms with Crippen molar-refractivity contribution in [3.05, 3.63) is 58.6 Å². The highest BCUT2D eigenvalue weighted by molar-refractivity contribution is 6.31. The number of carbonyl (C=O) groups excluding carboxylic acids is 2. The van der Waals surface area contributed by atoms with Crippen LogP contribution in [0.4, 0.5) is 18.9 Å². The van der Waals surface area contributed by atoms with Crippen LogP contribution < -0.4 is 9.64 Å². The Labute approximate surface area is 170 Å². The van der Waals surface area contributed by atoms with E-state index in [-0.39, 0.29) is 24.6 Å². The lowest BCUT2D eigenvalue weighted by atomic mass is 10.1. The first-order valence-electron chi connectivity index (χ1n) is 8.76. The van der Waals surface area contributed by atoms with Gasteiger partial charge in [-0.15, -0.1) is 0 Å². The van der Waals surface area contributed by atoms with Gasteiger partial charge in [-0.05, 0) is 49.4 Å². The van der Waals surface area contributed by atoms with Crippen LogP contribution in [-0.4, -0.2) is 43.0 Å². The number of carbonyl (C=O) groups is 2. The van der Waals surface area contributed by atoms with Crippen molar-refractivity contribution in [3.63, 3.8) is 0 Å². The summed E-state index contributed by atoms with van der Waals surface area (Å²) >= 11 is 6.04. The van der Waals surface area contributed by atoms with E-state index < -0.39 is 23.7 Å². The molecule has 0 aromatic heterocycles. The van der Waals surface area contributed by atoms with Crippen LogP contribution in [0.5, 0.6) is 5.75 Å². The number of ether oxygens (including phenoxy) is 1. The number of alkyl halides is 3. The summed E-state index contributed by atoms with van der Waals surface area (Å²) in [5.41, 5.74) is -0.249. The van der Waals surface area contributed by atoms with Gasteiger partial charge in [0.15, 0.2) is 0 Å². The molecule has 0 unspecified atom stereocenters. The molecule has 9 heteroatoms. The zero-order chi connectivity index (χ0) is 21.3. The van der Waals surface area contributed by atoms with E-state index in [9.17, 15) is 22.8 Å². The van der Waals surface area contributed by atoms with Gasteiger partial charge in [-0.3, -0.25) is 9.59 Å². The summed E-state index contributed by atoms with van der Waals surface area (Å²) in [6.45, 7) is 1.99. The van der Waals surface area contributed by atoms with Gasteiger partial charge in [0.1, 0.15) is 11.8 Å². The van der Waals surface area contributed by atoms with Gasteiger partial charge in [0.05, 0.1) is 18.4 Å². The molecule has 0 aliphatic carbocycles. The summed E-state index contributed by atoms with van der Waals surface area (Å²) in [6, 6.07) is 8.04. The van der Waals surface area contributed by atoms with Crippen LogP contribution in [0.3, 0.4) is 0 Å². The van der Waals surface area contributed by atoms with Crippen molar-refractivity contribution < 1.29 is 27.5 Å². The molecule has 0 bridgehead atoms. The topological polar surface area (TPSA) is 49.9 Å². The number of benzene rings is 2. The van der Waals surface area contributed by atoms with Crippen LogP contribution in [0, 0.1) is 0 Å². The molecule has 5 nitrogen and oxygen atoms in total. The van der Waals surface area contributed by atoms with E-state index >= 15 is 0 Å². The highest BCUT2D eigenvalue weighted by atomic mass is 35.5. The Bertz CT molecular complexity index is 932. The van der Waals surface area contributed by atoms with Gasteiger partial charge in [-0.1, -0.05) is 11.6 Å². The van der Waals surface area contributed by atoms with E-state index in [2.05, 4.69) is 0 Å². The van der Waals surface area contributed by atoms with Gasteiger partial charge in [0.25, 0.3) is 5.91 Å². The summed E-state index contributed by atoms with van der Waals surface area (Å²) in [5.74, 6) is -0.369. The van der Waals surface area contributed by atoms with Crippen molar-refractivity contribution >= 4 is 29.1 Å². The molecular formula is C20H18ClF3N2O3. The molecule has 0 N–H and O–H groups in total. The van der Waals surface area contributed by atoms with Crippen LogP contribution in [0.15, 0.2) is 42.5 Å². The number of nitrogens with zero attached hydrogens (tertiary/aromatic N) is 2. The van der Waals surface area contributed by atoms with E-state index in [0.29, 0.717) is 16.5 Å². The molecule has 2 aromatic carbocycles. The Morgan fingerprint density at radius 3 is 2.38 bits per heavy atom. The number of amides is 2. The Morgan fingerprint density at radius 1 is 1.14 bits per heavy atom. The third-order valence-electron chi connectivity index (χ3n) is 4.81. The number of anilines is 1. The fourth-order valence-electron chi connectivity index (χ4n) is 3.23. The van der Waals surface area contributed by atoms with Crippen molar-refractivity contribution in [1.82, 2.24) is 4.90 Å². The van der Waals surface area contributed by atoms with Crippen molar-refractivity contribution in [2.24, 2.45) is 0 Å². The smallest absolute Gasteiger partial charge is 0.416 e. The number of piperazine rings is 1. The molecule has 2 aromatic rings. The maximum Gasteiger partial charge on any atom is 0.416 e. The second-order valence-electron chi connectivity index (χ2n) is 6.56. The molecule has 1 fully saturated rings. The second kappa shape index (κ2) is 7.94. The number of halogens is 4. The summed E-state index contributed by atoms with van der Waals surface area (Å²) in [5, 5.41) is 0.435. The first-order valence-corrected chi connectivity index (χ1v) is 9.14. The van der Waals surface area contributed by atoms with Gasteiger partial charge < -0.3 is 14.5 Å². The predicted octanol–water partition coefficient (Wildman–Crippen LogP) is 4.24. The molecule has 2 amide bonds. The third-order valence-corrected chi connectivity index (χ3v) is 5.04. The Balaban J connectivity index is 1.81. The van der Waals surface area contributed by atoms with Crippen LogP contribution in [0.25, 0.3) is 0 Å². The molecule has 154 valence electrons. The predicted molar refractivity (Wildman–Crippen MR) is 102 cm³/mol. The van der Waals surface area contributed by atoms with Crippen molar-refractivity contribution in [3.8, 4) is 5.75 Å². The lowest BCUT2D eigenvalue weighted by Gasteiger charge is -2.39. The summed E-state index contributed by atoms with van der Waals surface area (Å²) in [6.07, 6.45) is -4.48. The molecule has 3 rings (SSSR count). The van der Waals surface area contributed by atoms with E-state index in [4.69, 9.17) is 16.3 Å². The fourth-order valence-corrected chi connectivity index (χ4v) is 3.40. The molecule has 0 saturated carbocycles. The van der Waals surface area contributed by atoms with E-state index in [1.807, 2.05) is 0 Å². The van der Waals surface area contributed by atoms with E-state index in [1.54, 1.807) is 25.1 Å². The average molecular weight is 427 g/mol. The van der Waals surface area contributed by atoms with Gasteiger partial charge in [-0.25, -0.2) is 0 Å². The Hall–Kier alpha value is -2.74. The maximum atomic E-state index is 12.9. The number of methoxy groups -OCH3 is 1. The minimum atomic E-state index is -4.48. The molecular weight excluding hydrogens is 409 g/mol. The van der Waals surface area contributed by atoms with Crippen LogP contribution in [0.2, 0.25) is 5.02 Å². The molecule has 1 aliphatic rings. The number of hydrogen-bond acceptors (Lipinski definition) is 3. The van der Waals surface area contributed by atoms with E-state index in [1.165, 1.54) is 16.9 Å². The number of hydrogen-bond donors (Lipinski definition) is 0. The minimum Gasteiger partial charge on any atom is -0.495 e. The lowest BCUT2D eigenvalue weighted by molar-refractivity contribution is -0.137. The quantitative estimate of drug-likeness (QED) is 0.737. The summed E-state index contributed by atoms with van der Waals surface area (Å²) < 4.78 is 43.4. The lowest BCUT2D eigenvalue weighted by Crippen LogP contribution is -2.57. The SMILES string of the molecule is COc1ccc(Cl)cc1N1CCN(C(=O)c2ccc(C(F)(F)F)cc2)[C@H](C)C1=O. The highest BCUT2D eigenvalue weighted by Crippen LogP contribution is 2.34. The fraction of sp³-hybridized carbons (Fsp3) is 0.300. The molecule has 1 heterocycles. The third kappa shape index (κ3) is 4.17. The van der Waals surface area contributed by atoms with Gasteiger partial charge >= 0.3 is 6.18 Å². The highest BCUT2D eigenvalue weighted by Gasteiger charge is 2.37. The standard InChI is InChI=1S/C20H18ClF3N2O3/c1-12-18(27)26(16-11-15(21)7-8-17(16)29-2)10-9-25(12)19(28)13-3-5-14(6-4-13)20(22,23)24/h3-8,11-12H,9-10H2,1-2H3/t12-/m1/s1.